The molecular formula is C16H15ClN2OS. The molecule has 2 N–H and O–H groups in total. The van der Waals surface area contributed by atoms with Gasteiger partial charge in [0, 0.05) is 18.3 Å². The van der Waals surface area contributed by atoms with Crippen LogP contribution >= 0.6 is 23.8 Å². The summed E-state index contributed by atoms with van der Waals surface area (Å²) in [5, 5.41) is 0.442. The Morgan fingerprint density at radius 3 is 2.57 bits per heavy atom. The fourth-order valence-electron chi connectivity index (χ4n) is 1.96. The molecule has 2 rings (SSSR count). The van der Waals surface area contributed by atoms with Crippen molar-refractivity contribution in [2.45, 2.75) is 6.92 Å². The summed E-state index contributed by atoms with van der Waals surface area (Å²) >= 11 is 11.1. The van der Waals surface area contributed by atoms with Crippen LogP contribution in [-0.4, -0.2) is 17.9 Å². The zero-order valence-corrected chi connectivity index (χ0v) is 13.3. The van der Waals surface area contributed by atoms with E-state index >= 15 is 0 Å². The molecule has 0 aromatic heterocycles. The van der Waals surface area contributed by atoms with Crippen LogP contribution in [0.1, 0.15) is 21.5 Å². The lowest BCUT2D eigenvalue weighted by Crippen LogP contribution is -2.26. The van der Waals surface area contributed by atoms with Gasteiger partial charge in [0.25, 0.3) is 5.91 Å². The third-order valence-electron chi connectivity index (χ3n) is 3.18. The molecule has 21 heavy (non-hydrogen) atoms. The van der Waals surface area contributed by atoms with Crippen LogP contribution in [0.25, 0.3) is 0 Å². The molecule has 2 aromatic carbocycles. The van der Waals surface area contributed by atoms with Crippen LogP contribution in [0.3, 0.4) is 0 Å². The van der Waals surface area contributed by atoms with Crippen LogP contribution in [0.5, 0.6) is 0 Å². The SMILES string of the molecule is Cc1ccc(C(=O)N(C)c2cccc(C(N)=S)c2)c(Cl)c1. The highest BCUT2D eigenvalue weighted by Gasteiger charge is 2.17. The standard InChI is InChI=1S/C16H15ClN2OS/c1-10-6-7-13(14(17)8-10)16(20)19(2)12-5-3-4-11(9-12)15(18)21/h3-9H,1-2H3,(H2,18,21). The highest BCUT2D eigenvalue weighted by molar-refractivity contribution is 7.80. The van der Waals surface area contributed by atoms with E-state index in [0.717, 1.165) is 11.1 Å². The lowest BCUT2D eigenvalue weighted by Gasteiger charge is -2.19. The number of halogens is 1. The van der Waals surface area contributed by atoms with E-state index in [1.54, 1.807) is 25.2 Å². The van der Waals surface area contributed by atoms with Crippen molar-refractivity contribution < 1.29 is 4.79 Å². The molecule has 0 radical (unpaired) electrons. The first-order valence-electron chi connectivity index (χ1n) is 6.34. The largest absolute Gasteiger partial charge is 0.389 e. The van der Waals surface area contributed by atoms with Crippen molar-refractivity contribution >= 4 is 40.4 Å². The lowest BCUT2D eigenvalue weighted by atomic mass is 10.1. The normalized spacial score (nSPS) is 10.2. The number of hydrogen-bond donors (Lipinski definition) is 1. The highest BCUT2D eigenvalue weighted by atomic mass is 35.5. The monoisotopic (exact) mass is 318 g/mol. The molecule has 0 aliphatic carbocycles. The third kappa shape index (κ3) is 3.40. The molecule has 2 aromatic rings. The number of carbonyl (C=O) groups is 1. The van der Waals surface area contributed by atoms with Crippen LogP contribution in [0.4, 0.5) is 5.69 Å². The summed E-state index contributed by atoms with van der Waals surface area (Å²) in [6.45, 7) is 1.93. The molecule has 0 aliphatic rings. The molecule has 0 fully saturated rings. The number of nitrogens with two attached hydrogens (primary N) is 1. The average Bonchev–Trinajstić information content (AvgIpc) is 2.46. The second-order valence-electron chi connectivity index (χ2n) is 4.76. The Hall–Kier alpha value is -1.91. The van der Waals surface area contributed by atoms with Gasteiger partial charge in [-0.2, -0.15) is 0 Å². The number of amides is 1. The summed E-state index contributed by atoms with van der Waals surface area (Å²) in [4.78, 5) is 14.4. The van der Waals surface area contributed by atoms with Crippen LogP contribution in [0.15, 0.2) is 42.5 Å². The van der Waals surface area contributed by atoms with Crippen LogP contribution < -0.4 is 10.6 Å². The van der Waals surface area contributed by atoms with E-state index in [-0.39, 0.29) is 5.91 Å². The van der Waals surface area contributed by atoms with Crippen molar-refractivity contribution in [1.82, 2.24) is 0 Å². The quantitative estimate of drug-likeness (QED) is 0.880. The van der Waals surface area contributed by atoms with E-state index in [2.05, 4.69) is 0 Å². The minimum atomic E-state index is -0.180. The van der Waals surface area contributed by atoms with Gasteiger partial charge < -0.3 is 10.6 Å². The van der Waals surface area contributed by atoms with E-state index in [1.807, 2.05) is 31.2 Å². The molecule has 0 spiro atoms. The van der Waals surface area contributed by atoms with Crippen LogP contribution in [0.2, 0.25) is 5.02 Å². The Bertz CT molecular complexity index is 715. The van der Waals surface area contributed by atoms with Gasteiger partial charge >= 0.3 is 0 Å². The summed E-state index contributed by atoms with van der Waals surface area (Å²) < 4.78 is 0. The van der Waals surface area contributed by atoms with E-state index in [1.165, 1.54) is 4.90 Å². The van der Waals surface area contributed by atoms with Gasteiger partial charge in [0.2, 0.25) is 0 Å². The van der Waals surface area contributed by atoms with Gasteiger partial charge in [-0.15, -0.1) is 0 Å². The minimum absolute atomic E-state index is 0.180. The first-order chi connectivity index (χ1) is 9.90. The number of anilines is 1. The van der Waals surface area contributed by atoms with Gasteiger partial charge in [-0.1, -0.05) is 42.0 Å². The van der Waals surface area contributed by atoms with Gasteiger partial charge in [-0.25, -0.2) is 0 Å². The first kappa shape index (κ1) is 15.5. The number of aryl methyl sites for hydroxylation is 1. The molecule has 0 atom stereocenters. The molecule has 0 aliphatic heterocycles. The van der Waals surface area contributed by atoms with Crippen molar-refractivity contribution in [3.05, 3.63) is 64.2 Å². The Morgan fingerprint density at radius 1 is 1.24 bits per heavy atom. The molecule has 0 saturated heterocycles. The average molecular weight is 319 g/mol. The van der Waals surface area contributed by atoms with Crippen LogP contribution in [-0.2, 0) is 0 Å². The van der Waals surface area contributed by atoms with E-state index < -0.39 is 0 Å². The van der Waals surface area contributed by atoms with E-state index in [4.69, 9.17) is 29.6 Å². The Morgan fingerprint density at radius 2 is 1.95 bits per heavy atom. The van der Waals surface area contributed by atoms with Crippen molar-refractivity contribution in [2.24, 2.45) is 5.73 Å². The Balaban J connectivity index is 2.35. The smallest absolute Gasteiger partial charge is 0.259 e. The molecular weight excluding hydrogens is 304 g/mol. The second kappa shape index (κ2) is 6.24. The molecule has 5 heteroatoms. The molecule has 0 unspecified atom stereocenters. The summed E-state index contributed by atoms with van der Waals surface area (Å²) in [6.07, 6.45) is 0. The number of benzene rings is 2. The van der Waals surface area contributed by atoms with Crippen molar-refractivity contribution in [3.8, 4) is 0 Å². The zero-order chi connectivity index (χ0) is 15.6. The fourth-order valence-corrected chi connectivity index (χ4v) is 2.40. The summed E-state index contributed by atoms with van der Waals surface area (Å²) in [5.41, 5.74) is 8.52. The van der Waals surface area contributed by atoms with Gasteiger partial charge in [0.05, 0.1) is 10.6 Å². The summed E-state index contributed by atoms with van der Waals surface area (Å²) in [6, 6.07) is 12.6. The van der Waals surface area contributed by atoms with Crippen molar-refractivity contribution in [3.63, 3.8) is 0 Å². The number of rotatable bonds is 3. The molecule has 3 nitrogen and oxygen atoms in total. The predicted molar refractivity (Wildman–Crippen MR) is 91.3 cm³/mol. The number of hydrogen-bond acceptors (Lipinski definition) is 2. The van der Waals surface area contributed by atoms with Crippen molar-refractivity contribution in [2.75, 3.05) is 11.9 Å². The maximum Gasteiger partial charge on any atom is 0.259 e. The second-order valence-corrected chi connectivity index (χ2v) is 5.61. The maximum atomic E-state index is 12.5. The number of nitrogens with zero attached hydrogens (tertiary/aromatic N) is 1. The summed E-state index contributed by atoms with van der Waals surface area (Å²) in [7, 11) is 1.69. The van der Waals surface area contributed by atoms with E-state index in [0.29, 0.717) is 21.3 Å². The molecule has 108 valence electrons. The zero-order valence-electron chi connectivity index (χ0n) is 11.8. The third-order valence-corrected chi connectivity index (χ3v) is 3.73. The van der Waals surface area contributed by atoms with Gasteiger partial charge in [-0.05, 0) is 36.8 Å². The first-order valence-corrected chi connectivity index (χ1v) is 7.13. The minimum Gasteiger partial charge on any atom is -0.389 e. The Kier molecular flexibility index (Phi) is 4.60. The molecule has 1 amide bonds. The summed E-state index contributed by atoms with van der Waals surface area (Å²) in [5.74, 6) is -0.180. The predicted octanol–water partition coefficient (Wildman–Crippen LogP) is 3.56. The number of thiocarbonyl (C=S) groups is 1. The van der Waals surface area contributed by atoms with Gasteiger partial charge in [0.1, 0.15) is 4.99 Å². The maximum absolute atomic E-state index is 12.5. The van der Waals surface area contributed by atoms with Gasteiger partial charge in [-0.3, -0.25) is 4.79 Å². The Labute approximate surface area is 134 Å². The highest BCUT2D eigenvalue weighted by Crippen LogP contribution is 2.22. The molecule has 0 heterocycles. The van der Waals surface area contributed by atoms with Gasteiger partial charge in [0.15, 0.2) is 0 Å². The molecule has 0 bridgehead atoms. The lowest BCUT2D eigenvalue weighted by molar-refractivity contribution is 0.0993. The van der Waals surface area contributed by atoms with Crippen molar-refractivity contribution in [1.29, 1.82) is 0 Å². The number of carbonyl (C=O) groups excluding carboxylic acids is 1. The molecule has 0 saturated carbocycles. The fraction of sp³-hybridized carbons (Fsp3) is 0.125. The topological polar surface area (TPSA) is 46.3 Å². The van der Waals surface area contributed by atoms with Crippen LogP contribution in [0, 0.1) is 6.92 Å². The van der Waals surface area contributed by atoms with E-state index in [9.17, 15) is 4.79 Å².